The van der Waals surface area contributed by atoms with E-state index in [9.17, 15) is 0 Å². The van der Waals surface area contributed by atoms with Crippen LogP contribution in [0.4, 0.5) is 0 Å². The molecule has 1 atom stereocenters. The number of hydrogen-bond donors (Lipinski definition) is 0. The van der Waals surface area contributed by atoms with Gasteiger partial charge in [0.25, 0.3) is 0 Å². The van der Waals surface area contributed by atoms with Crippen molar-refractivity contribution in [1.29, 1.82) is 0 Å². The Kier molecular flexibility index (Phi) is 5.86. The third-order valence-electron chi connectivity index (χ3n) is 3.61. The number of oxime groups is 1. The molecule has 3 nitrogen and oxygen atoms in total. The number of unbranched alkanes of at least 4 members (excludes halogenated alkanes) is 5. The zero-order valence-corrected chi connectivity index (χ0v) is 11.8. The molecule has 2 heterocycles. The van der Waals surface area contributed by atoms with E-state index in [-0.39, 0.29) is 6.10 Å². The van der Waals surface area contributed by atoms with Gasteiger partial charge in [0.1, 0.15) is 6.10 Å². The van der Waals surface area contributed by atoms with Gasteiger partial charge in [0.2, 0.25) is 0 Å². The van der Waals surface area contributed by atoms with Crippen molar-refractivity contribution < 1.29 is 4.84 Å². The van der Waals surface area contributed by atoms with Crippen molar-refractivity contribution in [3.05, 3.63) is 30.1 Å². The van der Waals surface area contributed by atoms with Gasteiger partial charge in [-0.05, 0) is 25.0 Å². The maximum atomic E-state index is 5.51. The summed E-state index contributed by atoms with van der Waals surface area (Å²) in [7, 11) is 0. The predicted octanol–water partition coefficient (Wildman–Crippen LogP) is 4.33. The summed E-state index contributed by atoms with van der Waals surface area (Å²) in [6.45, 7) is 2.25. The first-order valence-electron chi connectivity index (χ1n) is 7.53. The van der Waals surface area contributed by atoms with Gasteiger partial charge in [-0.1, -0.05) is 44.2 Å². The van der Waals surface area contributed by atoms with Gasteiger partial charge in [0, 0.05) is 24.4 Å². The van der Waals surface area contributed by atoms with Crippen LogP contribution in [0, 0.1) is 0 Å². The van der Waals surface area contributed by atoms with Crippen LogP contribution in [0.3, 0.4) is 0 Å². The number of hydrogen-bond acceptors (Lipinski definition) is 3. The van der Waals surface area contributed by atoms with Crippen LogP contribution in [0.2, 0.25) is 0 Å². The van der Waals surface area contributed by atoms with Gasteiger partial charge < -0.3 is 4.84 Å². The zero-order chi connectivity index (χ0) is 13.3. The molecule has 2 rings (SSSR count). The summed E-state index contributed by atoms with van der Waals surface area (Å²) >= 11 is 0. The van der Waals surface area contributed by atoms with Gasteiger partial charge in [0.05, 0.1) is 5.71 Å². The summed E-state index contributed by atoms with van der Waals surface area (Å²) in [6, 6.07) is 3.99. The molecule has 3 heteroatoms. The van der Waals surface area contributed by atoms with Gasteiger partial charge >= 0.3 is 0 Å². The lowest BCUT2D eigenvalue weighted by Gasteiger charge is -2.07. The first-order chi connectivity index (χ1) is 9.40. The molecule has 0 N–H and O–H groups in total. The molecule has 0 bridgehead atoms. The first-order valence-corrected chi connectivity index (χ1v) is 7.53. The zero-order valence-electron chi connectivity index (χ0n) is 11.8. The summed E-state index contributed by atoms with van der Waals surface area (Å²) in [4.78, 5) is 9.63. The van der Waals surface area contributed by atoms with Crippen molar-refractivity contribution in [2.24, 2.45) is 5.16 Å². The highest BCUT2D eigenvalue weighted by molar-refractivity contribution is 6.00. The molecule has 0 radical (unpaired) electrons. The standard InChI is InChI=1S/C16H24N2O/c1-2-3-4-5-6-7-10-15-12-16(18-19-15)14-9-8-11-17-13-14/h8-9,11,13,15H,2-7,10,12H2,1H3. The highest BCUT2D eigenvalue weighted by Crippen LogP contribution is 2.20. The highest BCUT2D eigenvalue weighted by atomic mass is 16.6. The first kappa shape index (κ1) is 14.0. The van der Waals surface area contributed by atoms with Crippen molar-refractivity contribution in [1.82, 2.24) is 4.98 Å². The monoisotopic (exact) mass is 260 g/mol. The van der Waals surface area contributed by atoms with E-state index in [0.29, 0.717) is 0 Å². The average Bonchev–Trinajstić information content (AvgIpc) is 2.92. The van der Waals surface area contributed by atoms with E-state index < -0.39 is 0 Å². The quantitative estimate of drug-likeness (QED) is 0.652. The Morgan fingerprint density at radius 1 is 1.21 bits per heavy atom. The smallest absolute Gasteiger partial charge is 0.133 e. The Bertz CT molecular complexity index is 389. The van der Waals surface area contributed by atoms with E-state index in [2.05, 4.69) is 17.1 Å². The highest BCUT2D eigenvalue weighted by Gasteiger charge is 2.21. The normalized spacial score (nSPS) is 18.2. The van der Waals surface area contributed by atoms with E-state index in [1.165, 1.54) is 38.5 Å². The van der Waals surface area contributed by atoms with Crippen LogP contribution < -0.4 is 0 Å². The molecule has 0 spiro atoms. The fourth-order valence-electron chi connectivity index (χ4n) is 2.44. The van der Waals surface area contributed by atoms with Gasteiger partial charge in [-0.25, -0.2) is 0 Å². The molecule has 0 fully saturated rings. The van der Waals surface area contributed by atoms with Crippen LogP contribution in [0.25, 0.3) is 0 Å². The lowest BCUT2D eigenvalue weighted by molar-refractivity contribution is 0.0770. The van der Waals surface area contributed by atoms with Crippen molar-refractivity contribution in [2.45, 2.75) is 64.4 Å². The van der Waals surface area contributed by atoms with Crippen molar-refractivity contribution >= 4 is 5.71 Å². The summed E-state index contributed by atoms with van der Waals surface area (Å²) in [5.74, 6) is 0. The Morgan fingerprint density at radius 2 is 2.05 bits per heavy atom. The minimum Gasteiger partial charge on any atom is -0.392 e. The Labute approximate surface area is 116 Å². The van der Waals surface area contributed by atoms with Gasteiger partial charge in [0.15, 0.2) is 0 Å². The molecule has 0 amide bonds. The minimum atomic E-state index is 0.279. The Balaban J connectivity index is 1.62. The van der Waals surface area contributed by atoms with Crippen LogP contribution in [0.15, 0.2) is 29.7 Å². The van der Waals surface area contributed by atoms with Crippen LogP contribution in [-0.2, 0) is 4.84 Å². The molecule has 1 aliphatic rings. The molecule has 0 saturated carbocycles. The molecule has 0 aliphatic carbocycles. The molecular formula is C16H24N2O. The number of rotatable bonds is 8. The number of aromatic nitrogens is 1. The molecule has 1 aromatic heterocycles. The molecule has 0 saturated heterocycles. The Morgan fingerprint density at radius 3 is 2.84 bits per heavy atom. The van der Waals surface area contributed by atoms with Gasteiger partial charge in [-0.3, -0.25) is 4.98 Å². The van der Waals surface area contributed by atoms with Crippen LogP contribution in [-0.4, -0.2) is 16.8 Å². The van der Waals surface area contributed by atoms with Crippen LogP contribution >= 0.6 is 0 Å². The second-order valence-electron chi connectivity index (χ2n) is 5.27. The summed E-state index contributed by atoms with van der Waals surface area (Å²) in [6.07, 6.45) is 14.0. The molecule has 1 aromatic rings. The van der Waals surface area contributed by atoms with E-state index in [1.54, 1.807) is 6.20 Å². The van der Waals surface area contributed by atoms with Crippen molar-refractivity contribution in [3.8, 4) is 0 Å². The third-order valence-corrected chi connectivity index (χ3v) is 3.61. The van der Waals surface area contributed by atoms with Gasteiger partial charge in [-0.2, -0.15) is 0 Å². The maximum absolute atomic E-state index is 5.51. The second kappa shape index (κ2) is 7.93. The molecule has 1 unspecified atom stereocenters. The lowest BCUT2D eigenvalue weighted by atomic mass is 10.0. The fourth-order valence-corrected chi connectivity index (χ4v) is 2.44. The molecule has 0 aromatic carbocycles. The molecule has 104 valence electrons. The maximum Gasteiger partial charge on any atom is 0.133 e. The van der Waals surface area contributed by atoms with E-state index in [4.69, 9.17) is 4.84 Å². The lowest BCUT2D eigenvalue weighted by Crippen LogP contribution is -2.08. The average molecular weight is 260 g/mol. The second-order valence-corrected chi connectivity index (χ2v) is 5.27. The van der Waals surface area contributed by atoms with Crippen LogP contribution in [0.1, 0.15) is 63.9 Å². The minimum absolute atomic E-state index is 0.279. The van der Waals surface area contributed by atoms with Crippen LogP contribution in [0.5, 0.6) is 0 Å². The largest absolute Gasteiger partial charge is 0.392 e. The molecule has 1 aliphatic heterocycles. The van der Waals surface area contributed by atoms with Crippen molar-refractivity contribution in [3.63, 3.8) is 0 Å². The topological polar surface area (TPSA) is 34.5 Å². The number of nitrogens with zero attached hydrogens (tertiary/aromatic N) is 2. The number of pyridine rings is 1. The van der Waals surface area contributed by atoms with Crippen molar-refractivity contribution in [2.75, 3.05) is 0 Å². The summed E-state index contributed by atoms with van der Waals surface area (Å²) in [5, 5.41) is 4.19. The van der Waals surface area contributed by atoms with E-state index in [0.717, 1.165) is 24.1 Å². The summed E-state index contributed by atoms with van der Waals surface area (Å²) < 4.78 is 0. The third kappa shape index (κ3) is 4.66. The molecule has 19 heavy (non-hydrogen) atoms. The predicted molar refractivity (Wildman–Crippen MR) is 78.3 cm³/mol. The summed E-state index contributed by atoms with van der Waals surface area (Å²) in [5.41, 5.74) is 2.14. The molecular weight excluding hydrogens is 236 g/mol. The SMILES string of the molecule is CCCCCCCCC1CC(c2cccnc2)=NO1. The fraction of sp³-hybridized carbons (Fsp3) is 0.625. The Hall–Kier alpha value is -1.38. The van der Waals surface area contributed by atoms with Gasteiger partial charge in [-0.15, -0.1) is 0 Å². The van der Waals surface area contributed by atoms with E-state index >= 15 is 0 Å². The van der Waals surface area contributed by atoms with E-state index in [1.807, 2.05) is 18.3 Å².